The van der Waals surface area contributed by atoms with Gasteiger partial charge in [0.1, 0.15) is 0 Å². The van der Waals surface area contributed by atoms with E-state index in [0.717, 1.165) is 13.0 Å². The molecule has 9 rings (SSSR count). The zero-order valence-electron chi connectivity index (χ0n) is 28.8. The molecule has 0 amide bonds. The number of aryl methyl sites for hydroxylation is 4. The average Bonchev–Trinajstić information content (AvgIpc) is 3.79. The topological polar surface area (TPSA) is 55.6 Å². The van der Waals surface area contributed by atoms with Crippen LogP contribution < -0.4 is 10.6 Å². The fourth-order valence-corrected chi connectivity index (χ4v) is 8.52. The molecule has 0 saturated heterocycles. The van der Waals surface area contributed by atoms with Gasteiger partial charge >= 0.3 is 0 Å². The van der Waals surface area contributed by atoms with Crippen molar-refractivity contribution in [1.82, 2.24) is 20.6 Å². The molecule has 0 bridgehead atoms. The molecule has 0 spiro atoms. The highest BCUT2D eigenvalue weighted by molar-refractivity contribution is 5.87. The van der Waals surface area contributed by atoms with E-state index in [4.69, 9.17) is 0 Å². The molecule has 2 aromatic heterocycles. The quantitative estimate of drug-likeness (QED) is 0.140. The minimum Gasteiger partial charge on any atom is -0.357 e. The summed E-state index contributed by atoms with van der Waals surface area (Å²) in [6, 6.07) is 34.7. The molecule has 4 N–H and O–H groups in total. The summed E-state index contributed by atoms with van der Waals surface area (Å²) in [6.45, 7) is 5.40. The van der Waals surface area contributed by atoms with Crippen LogP contribution in [0.2, 0.25) is 0 Å². The predicted octanol–water partition coefficient (Wildman–Crippen LogP) is 10.1. The van der Waals surface area contributed by atoms with Gasteiger partial charge in [-0.3, -0.25) is 0 Å². The zero-order chi connectivity index (χ0) is 31.7. The normalized spacial score (nSPS) is 18.1. The monoisotopic (exact) mass is 692 g/mol. The summed E-state index contributed by atoms with van der Waals surface area (Å²) < 4.78 is 0. The van der Waals surface area contributed by atoms with Crippen LogP contribution in [0.25, 0.3) is 21.8 Å². The van der Waals surface area contributed by atoms with E-state index >= 15 is 0 Å². The van der Waals surface area contributed by atoms with Gasteiger partial charge in [0.05, 0.1) is 0 Å². The van der Waals surface area contributed by atoms with E-state index in [1.807, 2.05) is 0 Å². The van der Waals surface area contributed by atoms with E-state index in [-0.39, 0.29) is 24.8 Å². The molecule has 3 aliphatic rings. The van der Waals surface area contributed by atoms with Crippen molar-refractivity contribution in [3.8, 4) is 0 Å². The first-order chi connectivity index (χ1) is 23.1. The molecular weight excluding hydrogens is 643 g/mol. The third-order valence-electron chi connectivity index (χ3n) is 10.9. The largest absolute Gasteiger partial charge is 0.357 e. The second-order valence-electron chi connectivity index (χ2n) is 14.3. The van der Waals surface area contributed by atoms with Gasteiger partial charge in [0.15, 0.2) is 0 Å². The first-order valence-corrected chi connectivity index (χ1v) is 17.9. The van der Waals surface area contributed by atoms with E-state index in [1.165, 1.54) is 118 Å². The van der Waals surface area contributed by atoms with Crippen molar-refractivity contribution in [1.29, 1.82) is 0 Å². The zero-order valence-corrected chi connectivity index (χ0v) is 30.4. The highest BCUT2D eigenvalue weighted by Crippen LogP contribution is 2.37. The Morgan fingerprint density at radius 1 is 0.633 bits per heavy atom. The minimum absolute atomic E-state index is 0. The van der Waals surface area contributed by atoms with Crippen LogP contribution in [-0.4, -0.2) is 22.6 Å². The van der Waals surface area contributed by atoms with Gasteiger partial charge in [-0.15, -0.1) is 24.8 Å². The van der Waals surface area contributed by atoms with Gasteiger partial charge < -0.3 is 20.6 Å². The first kappa shape index (κ1) is 35.3. The molecule has 4 aromatic carbocycles. The van der Waals surface area contributed by atoms with Crippen molar-refractivity contribution >= 4 is 46.6 Å². The molecule has 0 aliphatic heterocycles. The van der Waals surface area contributed by atoms with Gasteiger partial charge in [0.25, 0.3) is 0 Å². The van der Waals surface area contributed by atoms with Crippen LogP contribution in [0.4, 0.5) is 0 Å². The maximum atomic E-state index is 3.97. The second-order valence-corrected chi connectivity index (χ2v) is 14.3. The van der Waals surface area contributed by atoms with Gasteiger partial charge in [0, 0.05) is 51.3 Å². The Kier molecular flexibility index (Phi) is 11.2. The molecule has 0 radical (unpaired) electrons. The second kappa shape index (κ2) is 15.6. The van der Waals surface area contributed by atoms with Crippen molar-refractivity contribution in [2.24, 2.45) is 0 Å². The van der Waals surface area contributed by atoms with E-state index in [1.54, 1.807) is 5.56 Å². The summed E-state index contributed by atoms with van der Waals surface area (Å²) in [5.74, 6) is 0. The number of nitrogens with one attached hydrogen (secondary N) is 4. The summed E-state index contributed by atoms with van der Waals surface area (Å²) >= 11 is 0. The molecule has 6 aromatic rings. The van der Waals surface area contributed by atoms with Crippen molar-refractivity contribution in [2.45, 2.75) is 89.8 Å². The van der Waals surface area contributed by atoms with Gasteiger partial charge in [0.2, 0.25) is 0 Å². The number of hydrogen-bond acceptors (Lipinski definition) is 2. The summed E-state index contributed by atoms with van der Waals surface area (Å²) in [6.07, 6.45) is 10.9. The predicted molar refractivity (Wildman–Crippen MR) is 211 cm³/mol. The molecule has 4 nitrogen and oxygen atoms in total. The first-order valence-electron chi connectivity index (χ1n) is 17.9. The summed E-state index contributed by atoms with van der Waals surface area (Å²) in [7, 11) is 0. The van der Waals surface area contributed by atoms with Gasteiger partial charge in [-0.2, -0.15) is 0 Å². The van der Waals surface area contributed by atoms with Crippen molar-refractivity contribution < 1.29 is 0 Å². The fraction of sp³-hybridized carbons (Fsp3) is 0.349. The summed E-state index contributed by atoms with van der Waals surface area (Å²) in [5.41, 5.74) is 15.7. The van der Waals surface area contributed by atoms with E-state index in [0.29, 0.717) is 18.1 Å². The maximum absolute atomic E-state index is 3.97. The van der Waals surface area contributed by atoms with Gasteiger partial charge in [-0.05, 0) is 130 Å². The lowest BCUT2D eigenvalue weighted by molar-refractivity contribution is 0.396. The van der Waals surface area contributed by atoms with Crippen LogP contribution in [0.15, 0.2) is 91.0 Å². The van der Waals surface area contributed by atoms with Crippen LogP contribution in [-0.2, 0) is 32.1 Å². The number of aromatic nitrogens is 2. The van der Waals surface area contributed by atoms with Crippen LogP contribution in [0.3, 0.4) is 0 Å². The highest BCUT2D eigenvalue weighted by atomic mass is 35.5. The minimum atomic E-state index is 0. The molecule has 6 heteroatoms. The highest BCUT2D eigenvalue weighted by Gasteiger charge is 2.29. The van der Waals surface area contributed by atoms with E-state index in [9.17, 15) is 0 Å². The standard InChI is InChI=1S/C22H24N2.C21H24N2.2ClH/c1-14-9-10-20-19(11-14)18-7-4-8-21(22(18)24-20)23-17-12-15-5-2-3-6-16(15)13-17;1-15-10-11-19-18(14-15)17-8-5-9-20(21(17)23-19)22-13-12-16-6-3-2-4-7-16;;/h2-3,5-6,9-11,17,21,23-24H,4,7-8,12-13H2,1H3;2-4,6-7,10-11,14,20,22-23H,5,8-9,12-13H2,1H3;2*1H. The number of fused-ring (bicyclic) bond motifs is 7. The van der Waals surface area contributed by atoms with Gasteiger partial charge in [-0.1, -0.05) is 77.9 Å². The molecule has 49 heavy (non-hydrogen) atoms. The summed E-state index contributed by atoms with van der Waals surface area (Å²) in [4.78, 5) is 7.41. The third kappa shape index (κ3) is 7.49. The lowest BCUT2D eigenvalue weighted by atomic mass is 9.91. The van der Waals surface area contributed by atoms with Crippen molar-refractivity contribution in [3.63, 3.8) is 0 Å². The van der Waals surface area contributed by atoms with Crippen LogP contribution in [0, 0.1) is 13.8 Å². The Labute approximate surface area is 303 Å². The van der Waals surface area contributed by atoms with Crippen molar-refractivity contribution in [2.75, 3.05) is 6.54 Å². The van der Waals surface area contributed by atoms with Crippen LogP contribution in [0.1, 0.15) is 88.1 Å². The fourth-order valence-electron chi connectivity index (χ4n) is 8.52. The molecule has 2 unspecified atom stereocenters. The maximum Gasteiger partial charge on any atom is 0.0478 e. The average molecular weight is 694 g/mol. The molecule has 2 atom stereocenters. The number of hydrogen-bond donors (Lipinski definition) is 4. The number of H-pyrrole nitrogens is 2. The number of aromatic amines is 2. The molecule has 3 aliphatic carbocycles. The number of benzene rings is 4. The summed E-state index contributed by atoms with van der Waals surface area (Å²) in [5, 5.41) is 10.6. The Morgan fingerprint density at radius 2 is 1.16 bits per heavy atom. The Hall–Kier alpha value is -3.54. The van der Waals surface area contributed by atoms with E-state index in [2.05, 4.69) is 125 Å². The Morgan fingerprint density at radius 3 is 1.76 bits per heavy atom. The number of halogens is 2. The van der Waals surface area contributed by atoms with E-state index < -0.39 is 0 Å². The Balaban J connectivity index is 0.000000164. The molecular formula is C43H50Cl2N4. The van der Waals surface area contributed by atoms with Gasteiger partial charge in [-0.25, -0.2) is 0 Å². The van der Waals surface area contributed by atoms with Crippen LogP contribution >= 0.6 is 24.8 Å². The Bertz CT molecular complexity index is 1980. The molecule has 256 valence electrons. The molecule has 2 heterocycles. The third-order valence-corrected chi connectivity index (χ3v) is 10.9. The molecule has 0 saturated carbocycles. The number of rotatable bonds is 6. The smallest absolute Gasteiger partial charge is 0.0478 e. The lowest BCUT2D eigenvalue weighted by Gasteiger charge is -2.27. The van der Waals surface area contributed by atoms with Crippen molar-refractivity contribution in [3.05, 3.63) is 141 Å². The SMILES string of the molecule is Cc1ccc2[nH]c3c(c2c1)CCCC3NC1Cc2ccccc2C1.Cc1ccc2[nH]c3c(c2c1)CCCC3NCCc1ccccc1.Cl.Cl. The van der Waals surface area contributed by atoms with Crippen LogP contribution in [0.5, 0.6) is 0 Å². The lowest BCUT2D eigenvalue weighted by Crippen LogP contribution is -2.35. The molecule has 0 fully saturated rings.